The minimum Gasteiger partial charge on any atom is -0.495 e. The Morgan fingerprint density at radius 1 is 1.19 bits per heavy atom. The van der Waals surface area contributed by atoms with Crippen LogP contribution in [-0.2, 0) is 11.3 Å². The molecule has 7 nitrogen and oxygen atoms in total. The highest BCUT2D eigenvalue weighted by molar-refractivity contribution is 6.32. The van der Waals surface area contributed by atoms with Crippen molar-refractivity contribution in [2.45, 2.75) is 25.4 Å². The number of ether oxygens (including phenoxy) is 2. The van der Waals surface area contributed by atoms with Crippen molar-refractivity contribution in [3.8, 4) is 11.8 Å². The largest absolute Gasteiger partial charge is 0.495 e. The number of benzene rings is 2. The van der Waals surface area contributed by atoms with Gasteiger partial charge in [0.25, 0.3) is 0 Å². The Kier molecular flexibility index (Phi) is 7.97. The number of anilines is 2. The SMILES string of the molecule is COC[C@@H]1CCCN1c1nnc(NCc2ccc(OC)c(Cl)c2)c2cc(C#N)ccc12.Cl. The van der Waals surface area contributed by atoms with Gasteiger partial charge in [-0.05, 0) is 48.7 Å². The summed E-state index contributed by atoms with van der Waals surface area (Å²) < 4.78 is 10.6. The van der Waals surface area contributed by atoms with E-state index in [-0.39, 0.29) is 18.4 Å². The van der Waals surface area contributed by atoms with Gasteiger partial charge in [0.2, 0.25) is 0 Å². The van der Waals surface area contributed by atoms with Crippen molar-refractivity contribution in [2.75, 3.05) is 37.6 Å². The van der Waals surface area contributed by atoms with Crippen molar-refractivity contribution in [3.63, 3.8) is 0 Å². The molecule has 2 heterocycles. The topological polar surface area (TPSA) is 83.3 Å². The number of hydrogen-bond acceptors (Lipinski definition) is 7. The average molecular weight is 474 g/mol. The van der Waals surface area contributed by atoms with Gasteiger partial charge in [-0.15, -0.1) is 22.6 Å². The molecule has 3 aromatic rings. The van der Waals surface area contributed by atoms with Crippen LogP contribution in [0, 0.1) is 11.3 Å². The smallest absolute Gasteiger partial charge is 0.159 e. The third-order valence-corrected chi connectivity index (χ3v) is 5.87. The summed E-state index contributed by atoms with van der Waals surface area (Å²) in [6.45, 7) is 2.08. The molecule has 1 aromatic heterocycles. The second kappa shape index (κ2) is 10.7. The van der Waals surface area contributed by atoms with Crippen LogP contribution in [0.25, 0.3) is 10.8 Å². The number of methoxy groups -OCH3 is 2. The maximum atomic E-state index is 9.41. The third kappa shape index (κ3) is 4.83. The number of hydrogen-bond donors (Lipinski definition) is 1. The predicted molar refractivity (Wildman–Crippen MR) is 129 cm³/mol. The summed E-state index contributed by atoms with van der Waals surface area (Å²) in [6.07, 6.45) is 2.15. The molecule has 1 aliphatic heterocycles. The minimum atomic E-state index is 0. The normalized spacial score (nSPS) is 15.3. The number of halogens is 2. The first-order chi connectivity index (χ1) is 15.1. The number of nitrogens with one attached hydrogen (secondary N) is 1. The molecule has 1 aliphatic rings. The van der Waals surface area contributed by atoms with Gasteiger partial charge in [0.15, 0.2) is 11.6 Å². The molecule has 1 N–H and O–H groups in total. The van der Waals surface area contributed by atoms with Crippen molar-refractivity contribution in [1.29, 1.82) is 5.26 Å². The standard InChI is InChI=1S/C23H24ClN5O2.ClH/c1-30-14-17-4-3-9-29(17)23-18-7-5-15(12-25)10-19(18)22(27-28-23)26-13-16-6-8-21(31-2)20(24)11-16;/h5-8,10-11,17H,3-4,9,13-14H2,1-2H3,(H,26,27);1H/t17-;/m0./s1. The van der Waals surface area contributed by atoms with Gasteiger partial charge in [0, 0.05) is 31.0 Å². The fourth-order valence-electron chi connectivity index (χ4n) is 4.04. The van der Waals surface area contributed by atoms with Gasteiger partial charge >= 0.3 is 0 Å². The van der Waals surface area contributed by atoms with Crippen LogP contribution in [-0.4, -0.2) is 43.6 Å². The van der Waals surface area contributed by atoms with Gasteiger partial charge in [0.05, 0.1) is 36.4 Å². The van der Waals surface area contributed by atoms with E-state index in [2.05, 4.69) is 26.5 Å². The van der Waals surface area contributed by atoms with Crippen LogP contribution in [0.1, 0.15) is 24.0 Å². The summed E-state index contributed by atoms with van der Waals surface area (Å²) in [4.78, 5) is 2.26. The Hall–Kier alpha value is -2.79. The molecule has 2 aromatic carbocycles. The van der Waals surface area contributed by atoms with Crippen LogP contribution in [0.4, 0.5) is 11.6 Å². The molecule has 1 saturated heterocycles. The van der Waals surface area contributed by atoms with E-state index in [4.69, 9.17) is 21.1 Å². The first-order valence-electron chi connectivity index (χ1n) is 10.2. The van der Waals surface area contributed by atoms with Crippen molar-refractivity contribution in [3.05, 3.63) is 52.5 Å². The van der Waals surface area contributed by atoms with E-state index in [9.17, 15) is 5.26 Å². The Balaban J connectivity index is 0.00000289. The summed E-state index contributed by atoms with van der Waals surface area (Å²) in [5, 5.41) is 24.2. The maximum absolute atomic E-state index is 9.41. The second-order valence-corrected chi connectivity index (χ2v) is 7.92. The van der Waals surface area contributed by atoms with Crippen LogP contribution >= 0.6 is 24.0 Å². The van der Waals surface area contributed by atoms with Crippen molar-refractivity contribution in [1.82, 2.24) is 10.2 Å². The quantitative estimate of drug-likeness (QED) is 0.526. The number of nitrogens with zero attached hydrogens (tertiary/aromatic N) is 4. The van der Waals surface area contributed by atoms with Gasteiger partial charge in [-0.25, -0.2) is 0 Å². The lowest BCUT2D eigenvalue weighted by molar-refractivity contribution is 0.180. The summed E-state index contributed by atoms with van der Waals surface area (Å²) >= 11 is 6.25. The van der Waals surface area contributed by atoms with Crippen molar-refractivity contribution >= 4 is 46.4 Å². The van der Waals surface area contributed by atoms with E-state index in [1.807, 2.05) is 36.4 Å². The van der Waals surface area contributed by atoms with E-state index in [0.717, 1.165) is 41.5 Å². The first kappa shape index (κ1) is 23.9. The molecule has 0 amide bonds. The minimum absolute atomic E-state index is 0. The van der Waals surface area contributed by atoms with E-state index in [1.165, 1.54) is 0 Å². The summed E-state index contributed by atoms with van der Waals surface area (Å²) in [5.74, 6) is 2.09. The number of fused-ring (bicyclic) bond motifs is 1. The summed E-state index contributed by atoms with van der Waals surface area (Å²) in [6, 6.07) is 13.8. The molecule has 1 atom stereocenters. The molecule has 0 aliphatic carbocycles. The molecule has 0 bridgehead atoms. The molecule has 0 saturated carbocycles. The van der Waals surface area contributed by atoms with Gasteiger partial charge < -0.3 is 19.7 Å². The van der Waals surface area contributed by atoms with Crippen LogP contribution in [0.3, 0.4) is 0 Å². The maximum Gasteiger partial charge on any atom is 0.159 e. The molecule has 4 rings (SSSR count). The highest BCUT2D eigenvalue weighted by Crippen LogP contribution is 2.34. The fourth-order valence-corrected chi connectivity index (χ4v) is 4.32. The van der Waals surface area contributed by atoms with Crippen molar-refractivity contribution in [2.24, 2.45) is 0 Å². The third-order valence-electron chi connectivity index (χ3n) is 5.57. The van der Waals surface area contributed by atoms with E-state index < -0.39 is 0 Å². The van der Waals surface area contributed by atoms with Crippen LogP contribution in [0.5, 0.6) is 5.75 Å². The zero-order valence-electron chi connectivity index (χ0n) is 18.0. The first-order valence-corrected chi connectivity index (χ1v) is 10.5. The molecular weight excluding hydrogens is 449 g/mol. The lowest BCUT2D eigenvalue weighted by Crippen LogP contribution is -2.33. The Labute approximate surface area is 198 Å². The summed E-state index contributed by atoms with van der Waals surface area (Å²) in [7, 11) is 3.31. The number of nitriles is 1. The zero-order valence-corrected chi connectivity index (χ0v) is 19.5. The van der Waals surface area contributed by atoms with Gasteiger partial charge in [-0.1, -0.05) is 17.7 Å². The van der Waals surface area contributed by atoms with E-state index >= 15 is 0 Å². The van der Waals surface area contributed by atoms with Crippen LogP contribution in [0.2, 0.25) is 5.02 Å². The molecule has 32 heavy (non-hydrogen) atoms. The Morgan fingerprint density at radius 2 is 2.03 bits per heavy atom. The number of aromatic nitrogens is 2. The Bertz CT molecular complexity index is 1140. The fraction of sp³-hybridized carbons (Fsp3) is 0.348. The molecular formula is C23H25Cl2N5O2. The van der Waals surface area contributed by atoms with Crippen LogP contribution < -0.4 is 15.0 Å². The highest BCUT2D eigenvalue weighted by atomic mass is 35.5. The number of rotatable bonds is 7. The van der Waals surface area contributed by atoms with E-state index in [1.54, 1.807) is 14.2 Å². The molecule has 0 spiro atoms. The lowest BCUT2D eigenvalue weighted by atomic mass is 10.1. The predicted octanol–water partition coefficient (Wildman–Crippen LogP) is 4.81. The summed E-state index contributed by atoms with van der Waals surface area (Å²) in [5.41, 5.74) is 1.57. The van der Waals surface area contributed by atoms with Crippen LogP contribution in [0.15, 0.2) is 36.4 Å². The molecule has 9 heteroatoms. The monoisotopic (exact) mass is 473 g/mol. The second-order valence-electron chi connectivity index (χ2n) is 7.51. The lowest BCUT2D eigenvalue weighted by Gasteiger charge is -2.26. The Morgan fingerprint density at radius 3 is 2.75 bits per heavy atom. The van der Waals surface area contributed by atoms with Gasteiger partial charge in [-0.3, -0.25) is 0 Å². The average Bonchev–Trinajstić information content (AvgIpc) is 3.25. The van der Waals surface area contributed by atoms with E-state index in [0.29, 0.717) is 35.3 Å². The van der Waals surface area contributed by atoms with Gasteiger partial charge in [-0.2, -0.15) is 5.26 Å². The highest BCUT2D eigenvalue weighted by Gasteiger charge is 2.28. The van der Waals surface area contributed by atoms with Crippen molar-refractivity contribution < 1.29 is 9.47 Å². The molecule has 168 valence electrons. The zero-order chi connectivity index (χ0) is 21.8. The molecule has 0 radical (unpaired) electrons. The molecule has 1 fully saturated rings. The van der Waals surface area contributed by atoms with Gasteiger partial charge in [0.1, 0.15) is 5.75 Å². The molecule has 0 unspecified atom stereocenters.